The van der Waals surface area contributed by atoms with Gasteiger partial charge in [0.05, 0.1) is 5.57 Å². The SMILES string of the molecule is CC1(C)CCC2Nc3c(ccc4c3C=CC(C(=O)O)=C[C@]4(C)O)C2C1. The van der Waals surface area contributed by atoms with Crippen LogP contribution in [0, 0.1) is 5.41 Å². The highest BCUT2D eigenvalue weighted by Crippen LogP contribution is 2.52. The summed E-state index contributed by atoms with van der Waals surface area (Å²) in [5.41, 5.74) is 3.20. The topological polar surface area (TPSA) is 69.6 Å². The average Bonchev–Trinajstić information content (AvgIpc) is 2.80. The van der Waals surface area contributed by atoms with E-state index in [1.54, 1.807) is 13.0 Å². The van der Waals surface area contributed by atoms with E-state index in [1.165, 1.54) is 18.1 Å². The highest BCUT2D eigenvalue weighted by atomic mass is 16.4. The van der Waals surface area contributed by atoms with E-state index in [0.29, 0.717) is 17.4 Å². The number of carboxylic acid groups (broad SMARTS) is 1. The van der Waals surface area contributed by atoms with Gasteiger partial charge in [0.2, 0.25) is 0 Å². The normalized spacial score (nSPS) is 31.9. The Balaban J connectivity index is 1.83. The molecule has 0 spiro atoms. The Morgan fingerprint density at radius 3 is 2.72 bits per heavy atom. The van der Waals surface area contributed by atoms with Gasteiger partial charge in [-0.1, -0.05) is 32.1 Å². The van der Waals surface area contributed by atoms with E-state index in [2.05, 4.69) is 25.2 Å². The molecule has 3 atom stereocenters. The quantitative estimate of drug-likeness (QED) is 0.723. The maximum Gasteiger partial charge on any atom is 0.335 e. The lowest BCUT2D eigenvalue weighted by Gasteiger charge is -2.37. The van der Waals surface area contributed by atoms with Gasteiger partial charge in [-0.15, -0.1) is 0 Å². The van der Waals surface area contributed by atoms with Crippen LogP contribution in [-0.4, -0.2) is 22.2 Å². The number of fused-ring (bicyclic) bond motifs is 5. The highest BCUT2D eigenvalue weighted by Gasteiger charge is 2.42. The molecule has 4 rings (SSSR count). The Morgan fingerprint density at radius 1 is 1.24 bits per heavy atom. The monoisotopic (exact) mass is 339 g/mol. The molecule has 0 bridgehead atoms. The molecule has 0 aromatic heterocycles. The largest absolute Gasteiger partial charge is 0.478 e. The predicted octanol–water partition coefficient (Wildman–Crippen LogP) is 4.02. The van der Waals surface area contributed by atoms with Crippen molar-refractivity contribution in [2.75, 3.05) is 5.32 Å². The Morgan fingerprint density at radius 2 is 2.00 bits per heavy atom. The van der Waals surface area contributed by atoms with Gasteiger partial charge in [0, 0.05) is 23.2 Å². The first-order chi connectivity index (χ1) is 11.7. The van der Waals surface area contributed by atoms with Gasteiger partial charge in [0.15, 0.2) is 0 Å². The van der Waals surface area contributed by atoms with Crippen molar-refractivity contribution in [1.82, 2.24) is 0 Å². The Labute approximate surface area is 148 Å². The molecule has 1 aliphatic heterocycles. The maximum atomic E-state index is 11.4. The van der Waals surface area contributed by atoms with Crippen LogP contribution in [0.15, 0.2) is 29.9 Å². The van der Waals surface area contributed by atoms with E-state index in [0.717, 1.165) is 29.7 Å². The molecule has 3 N–H and O–H groups in total. The minimum atomic E-state index is -1.31. The van der Waals surface area contributed by atoms with Crippen molar-refractivity contribution in [1.29, 1.82) is 0 Å². The maximum absolute atomic E-state index is 11.4. The number of hydrogen-bond donors (Lipinski definition) is 3. The number of rotatable bonds is 1. The van der Waals surface area contributed by atoms with Crippen LogP contribution in [0.1, 0.15) is 62.6 Å². The Hall–Kier alpha value is -2.07. The number of benzene rings is 1. The lowest BCUT2D eigenvalue weighted by molar-refractivity contribution is -0.132. The van der Waals surface area contributed by atoms with Crippen molar-refractivity contribution in [3.8, 4) is 0 Å². The third-order valence-electron chi connectivity index (χ3n) is 6.06. The van der Waals surface area contributed by atoms with Gasteiger partial charge in [-0.05, 0) is 54.9 Å². The molecule has 2 unspecified atom stereocenters. The van der Waals surface area contributed by atoms with Crippen LogP contribution in [0.25, 0.3) is 6.08 Å². The molecule has 1 heterocycles. The van der Waals surface area contributed by atoms with Gasteiger partial charge >= 0.3 is 5.97 Å². The van der Waals surface area contributed by atoms with Crippen LogP contribution in [-0.2, 0) is 10.4 Å². The van der Waals surface area contributed by atoms with E-state index >= 15 is 0 Å². The van der Waals surface area contributed by atoms with Crippen molar-refractivity contribution in [2.45, 2.75) is 57.6 Å². The molecule has 1 aromatic rings. The number of anilines is 1. The molecular weight excluding hydrogens is 314 g/mol. The van der Waals surface area contributed by atoms with Gasteiger partial charge in [-0.25, -0.2) is 4.79 Å². The van der Waals surface area contributed by atoms with Gasteiger partial charge in [0.25, 0.3) is 0 Å². The molecule has 132 valence electrons. The third-order valence-corrected chi connectivity index (χ3v) is 6.06. The lowest BCUT2D eigenvalue weighted by atomic mass is 9.69. The second kappa shape index (κ2) is 5.21. The first-order valence-electron chi connectivity index (χ1n) is 8.98. The van der Waals surface area contributed by atoms with Crippen LogP contribution < -0.4 is 5.32 Å². The second-order valence-corrected chi connectivity index (χ2v) is 8.64. The molecule has 0 saturated heterocycles. The van der Waals surface area contributed by atoms with Crippen LogP contribution in [0.3, 0.4) is 0 Å². The number of hydrogen-bond acceptors (Lipinski definition) is 3. The van der Waals surface area contributed by atoms with Crippen molar-refractivity contribution >= 4 is 17.7 Å². The van der Waals surface area contributed by atoms with Crippen molar-refractivity contribution in [3.63, 3.8) is 0 Å². The molecule has 2 aliphatic carbocycles. The summed E-state index contributed by atoms with van der Waals surface area (Å²) in [6.45, 7) is 6.32. The first kappa shape index (κ1) is 16.4. The number of carbonyl (C=O) groups is 1. The van der Waals surface area contributed by atoms with E-state index in [9.17, 15) is 15.0 Å². The minimum absolute atomic E-state index is 0.117. The van der Waals surface area contributed by atoms with Gasteiger partial charge in [-0.3, -0.25) is 0 Å². The van der Waals surface area contributed by atoms with E-state index in [1.807, 2.05) is 12.1 Å². The summed E-state index contributed by atoms with van der Waals surface area (Å²) in [5, 5.41) is 23.9. The Kier molecular flexibility index (Phi) is 3.42. The molecule has 4 nitrogen and oxygen atoms in total. The van der Waals surface area contributed by atoms with Crippen molar-refractivity contribution in [2.24, 2.45) is 5.41 Å². The summed E-state index contributed by atoms with van der Waals surface area (Å²) in [7, 11) is 0. The fourth-order valence-corrected chi connectivity index (χ4v) is 4.73. The average molecular weight is 339 g/mol. The molecular formula is C21H25NO3. The zero-order valence-electron chi connectivity index (χ0n) is 15.0. The summed E-state index contributed by atoms with van der Waals surface area (Å²) >= 11 is 0. The zero-order chi connectivity index (χ0) is 18.0. The van der Waals surface area contributed by atoms with E-state index < -0.39 is 11.6 Å². The highest BCUT2D eigenvalue weighted by molar-refractivity contribution is 5.93. The van der Waals surface area contributed by atoms with Crippen molar-refractivity contribution < 1.29 is 15.0 Å². The fraction of sp³-hybridized carbons (Fsp3) is 0.476. The standard InChI is InChI=1S/C21H25NO3/c1-20(2)9-8-17-15(11-20)13-6-7-16-14(18(13)22-17)5-4-12(19(23)24)10-21(16,3)25/h4-7,10,15,17,22,25H,8-9,11H2,1-3H3,(H,23,24)/t15?,17?,21-/m0/s1. The van der Waals surface area contributed by atoms with Gasteiger partial charge < -0.3 is 15.5 Å². The van der Waals surface area contributed by atoms with Crippen LogP contribution in [0.2, 0.25) is 0 Å². The molecule has 1 fully saturated rings. The molecule has 0 amide bonds. The molecule has 1 aromatic carbocycles. The lowest BCUT2D eigenvalue weighted by Crippen LogP contribution is -2.32. The van der Waals surface area contributed by atoms with Crippen molar-refractivity contribution in [3.05, 3.63) is 46.5 Å². The van der Waals surface area contributed by atoms with Gasteiger partial charge in [0.1, 0.15) is 5.60 Å². The summed E-state index contributed by atoms with van der Waals surface area (Å²) < 4.78 is 0. The molecule has 25 heavy (non-hydrogen) atoms. The fourth-order valence-electron chi connectivity index (χ4n) is 4.73. The van der Waals surface area contributed by atoms with E-state index in [-0.39, 0.29) is 5.57 Å². The van der Waals surface area contributed by atoms with Crippen LogP contribution in [0.5, 0.6) is 0 Å². The first-order valence-corrected chi connectivity index (χ1v) is 8.98. The predicted molar refractivity (Wildman–Crippen MR) is 98.5 cm³/mol. The van der Waals surface area contributed by atoms with E-state index in [4.69, 9.17) is 0 Å². The summed E-state index contributed by atoms with van der Waals surface area (Å²) in [6, 6.07) is 4.52. The minimum Gasteiger partial charge on any atom is -0.478 e. The molecule has 1 saturated carbocycles. The second-order valence-electron chi connectivity index (χ2n) is 8.64. The van der Waals surface area contributed by atoms with Gasteiger partial charge in [-0.2, -0.15) is 0 Å². The smallest absolute Gasteiger partial charge is 0.335 e. The zero-order valence-corrected chi connectivity index (χ0v) is 15.0. The molecule has 0 radical (unpaired) electrons. The van der Waals surface area contributed by atoms with Crippen LogP contribution >= 0.6 is 0 Å². The third kappa shape index (κ3) is 2.60. The summed E-state index contributed by atoms with van der Waals surface area (Å²) in [5.74, 6) is -0.540. The number of carboxylic acids is 1. The number of aliphatic hydroxyl groups is 1. The van der Waals surface area contributed by atoms with Crippen LogP contribution in [0.4, 0.5) is 5.69 Å². The number of aliphatic carboxylic acids is 1. The summed E-state index contributed by atoms with van der Waals surface area (Å²) in [6.07, 6.45) is 8.35. The molecule has 4 heteroatoms. The molecule has 3 aliphatic rings. The Bertz CT molecular complexity index is 817. The summed E-state index contributed by atoms with van der Waals surface area (Å²) in [4.78, 5) is 11.4. The number of nitrogens with one attached hydrogen (secondary N) is 1.